The molecule has 0 nitrogen and oxygen atoms in total. The first-order valence-electron chi connectivity index (χ1n) is 9.09. The topological polar surface area (TPSA) is 0 Å². The number of hydrogen-bond acceptors (Lipinski definition) is 0. The number of hydrogen-bond donors (Lipinski definition) is 0. The second-order valence-corrected chi connectivity index (χ2v) is 6.42. The Hall–Kier alpha value is 0. The van der Waals surface area contributed by atoms with Gasteiger partial charge in [0.15, 0.2) is 0 Å². The van der Waals surface area contributed by atoms with Crippen molar-refractivity contribution in [2.75, 3.05) is 0 Å². The molecule has 2 unspecified atom stereocenters. The van der Waals surface area contributed by atoms with Gasteiger partial charge >= 0.3 is 0 Å². The molecule has 0 heterocycles. The van der Waals surface area contributed by atoms with Crippen molar-refractivity contribution >= 4 is 0 Å². The molecule has 0 amide bonds. The normalized spacial score (nSPS) is 14.5. The molecule has 0 aromatic heterocycles. The van der Waals surface area contributed by atoms with Gasteiger partial charge in [-0.05, 0) is 18.3 Å². The van der Waals surface area contributed by atoms with Crippen LogP contribution in [0.2, 0.25) is 0 Å². The first-order valence-corrected chi connectivity index (χ1v) is 9.09. The smallest absolute Gasteiger partial charge is 0.0326 e. The van der Waals surface area contributed by atoms with Crippen LogP contribution in [-0.2, 0) is 0 Å². The second kappa shape index (κ2) is 14.4. The van der Waals surface area contributed by atoms with Crippen molar-refractivity contribution in [1.29, 1.82) is 0 Å². The predicted octanol–water partition coefficient (Wildman–Crippen LogP) is 7.18. The van der Waals surface area contributed by atoms with Crippen LogP contribution in [0.1, 0.15) is 105 Å². The van der Waals surface area contributed by atoms with Crippen LogP contribution >= 0.6 is 0 Å². The minimum absolute atomic E-state index is 0.833. The summed E-state index contributed by atoms with van der Waals surface area (Å²) in [6.45, 7) is 9.35. The third kappa shape index (κ3) is 12.8. The van der Waals surface area contributed by atoms with Gasteiger partial charge in [0.1, 0.15) is 0 Å². The van der Waals surface area contributed by atoms with E-state index in [-0.39, 0.29) is 0 Å². The molecule has 0 aliphatic heterocycles. The standard InChI is InChI=1S/C19H39/c1-5-8-11-13-16-19(15-10-7-3)17-18(4)14-12-9-6-2/h17-19H,5-16H2,1-4H3. The quantitative estimate of drug-likeness (QED) is 0.292. The van der Waals surface area contributed by atoms with Crippen molar-refractivity contribution in [1.82, 2.24) is 0 Å². The summed E-state index contributed by atoms with van der Waals surface area (Å²) in [5.41, 5.74) is 0. The van der Waals surface area contributed by atoms with Gasteiger partial charge in [-0.3, -0.25) is 0 Å². The minimum atomic E-state index is 0.833. The Kier molecular flexibility index (Phi) is 14.4. The molecule has 0 bridgehead atoms. The van der Waals surface area contributed by atoms with E-state index in [1.165, 1.54) is 77.0 Å². The minimum Gasteiger partial charge on any atom is -0.0654 e. The van der Waals surface area contributed by atoms with Crippen LogP contribution in [0.15, 0.2) is 0 Å². The molecule has 0 saturated heterocycles. The van der Waals surface area contributed by atoms with E-state index in [0.29, 0.717) is 0 Å². The Morgan fingerprint density at radius 2 is 1.16 bits per heavy atom. The molecule has 0 N–H and O–H groups in total. The van der Waals surface area contributed by atoms with Crippen LogP contribution < -0.4 is 0 Å². The largest absolute Gasteiger partial charge is 0.0654 e. The molecule has 0 saturated carbocycles. The summed E-state index contributed by atoms with van der Waals surface area (Å²) >= 11 is 0. The van der Waals surface area contributed by atoms with E-state index < -0.39 is 0 Å². The third-order valence-electron chi connectivity index (χ3n) is 4.22. The predicted molar refractivity (Wildman–Crippen MR) is 89.4 cm³/mol. The summed E-state index contributed by atoms with van der Waals surface area (Å²) in [4.78, 5) is 0. The zero-order valence-corrected chi connectivity index (χ0v) is 14.2. The van der Waals surface area contributed by atoms with Crippen molar-refractivity contribution in [3.8, 4) is 0 Å². The molecule has 19 heavy (non-hydrogen) atoms. The van der Waals surface area contributed by atoms with Crippen LogP contribution in [0, 0.1) is 18.3 Å². The summed E-state index contributed by atoms with van der Waals surface area (Å²) in [5, 5.41) is 0. The lowest BCUT2D eigenvalue weighted by atomic mass is 9.85. The molecule has 0 aromatic rings. The Morgan fingerprint density at radius 3 is 1.79 bits per heavy atom. The first-order chi connectivity index (χ1) is 9.24. The maximum atomic E-state index is 2.69. The van der Waals surface area contributed by atoms with Gasteiger partial charge in [-0.25, -0.2) is 0 Å². The lowest BCUT2D eigenvalue weighted by Gasteiger charge is -2.20. The first kappa shape index (κ1) is 19.0. The molecule has 115 valence electrons. The Labute approximate surface area is 123 Å². The maximum absolute atomic E-state index is 2.69. The highest BCUT2D eigenvalue weighted by molar-refractivity contribution is 4.81. The fourth-order valence-electron chi connectivity index (χ4n) is 2.91. The van der Waals surface area contributed by atoms with E-state index in [2.05, 4.69) is 34.1 Å². The van der Waals surface area contributed by atoms with Gasteiger partial charge in [-0.1, -0.05) is 105 Å². The van der Waals surface area contributed by atoms with Crippen molar-refractivity contribution in [3.05, 3.63) is 6.42 Å². The van der Waals surface area contributed by atoms with Crippen molar-refractivity contribution < 1.29 is 0 Å². The van der Waals surface area contributed by atoms with Crippen LogP contribution in [0.3, 0.4) is 0 Å². The Morgan fingerprint density at radius 1 is 0.632 bits per heavy atom. The highest BCUT2D eigenvalue weighted by Crippen LogP contribution is 2.26. The molecular weight excluding hydrogens is 228 g/mol. The summed E-state index contributed by atoms with van der Waals surface area (Å²) in [5.74, 6) is 1.73. The molecular formula is C19H39. The zero-order chi connectivity index (χ0) is 14.3. The van der Waals surface area contributed by atoms with Gasteiger partial charge < -0.3 is 0 Å². The lowest BCUT2D eigenvalue weighted by molar-refractivity contribution is 0.404. The molecule has 1 radical (unpaired) electrons. The maximum Gasteiger partial charge on any atom is -0.0326 e. The number of rotatable bonds is 14. The van der Waals surface area contributed by atoms with Gasteiger partial charge in [0.05, 0.1) is 0 Å². The molecule has 0 rings (SSSR count). The van der Waals surface area contributed by atoms with Crippen LogP contribution in [-0.4, -0.2) is 0 Å². The summed E-state index contributed by atoms with van der Waals surface area (Å²) in [6.07, 6.45) is 19.6. The second-order valence-electron chi connectivity index (χ2n) is 6.42. The summed E-state index contributed by atoms with van der Waals surface area (Å²) < 4.78 is 0. The highest BCUT2D eigenvalue weighted by Gasteiger charge is 2.13. The molecule has 0 heteroatoms. The third-order valence-corrected chi connectivity index (χ3v) is 4.22. The van der Waals surface area contributed by atoms with Gasteiger partial charge in [0, 0.05) is 0 Å². The van der Waals surface area contributed by atoms with Crippen LogP contribution in [0.4, 0.5) is 0 Å². The Bertz CT molecular complexity index is 161. The molecule has 0 aliphatic carbocycles. The van der Waals surface area contributed by atoms with Crippen molar-refractivity contribution in [2.45, 2.75) is 105 Å². The molecule has 0 spiro atoms. The van der Waals surface area contributed by atoms with E-state index in [4.69, 9.17) is 0 Å². The van der Waals surface area contributed by atoms with Crippen molar-refractivity contribution in [3.63, 3.8) is 0 Å². The van der Waals surface area contributed by atoms with Gasteiger partial charge in [0.2, 0.25) is 0 Å². The fraction of sp³-hybridized carbons (Fsp3) is 0.947. The van der Waals surface area contributed by atoms with Gasteiger partial charge in [-0.2, -0.15) is 0 Å². The molecule has 2 atom stereocenters. The Balaban J connectivity index is 3.82. The molecule has 0 aromatic carbocycles. The monoisotopic (exact) mass is 267 g/mol. The van der Waals surface area contributed by atoms with Crippen LogP contribution in [0.25, 0.3) is 0 Å². The fourth-order valence-corrected chi connectivity index (χ4v) is 2.91. The van der Waals surface area contributed by atoms with E-state index in [0.717, 1.165) is 11.8 Å². The van der Waals surface area contributed by atoms with E-state index in [1.807, 2.05) is 0 Å². The van der Waals surface area contributed by atoms with E-state index in [9.17, 15) is 0 Å². The van der Waals surface area contributed by atoms with Gasteiger partial charge in [0.25, 0.3) is 0 Å². The van der Waals surface area contributed by atoms with E-state index in [1.54, 1.807) is 0 Å². The zero-order valence-electron chi connectivity index (χ0n) is 14.2. The van der Waals surface area contributed by atoms with Crippen LogP contribution in [0.5, 0.6) is 0 Å². The van der Waals surface area contributed by atoms with Crippen molar-refractivity contribution in [2.24, 2.45) is 11.8 Å². The molecule has 0 aliphatic rings. The summed E-state index contributed by atoms with van der Waals surface area (Å²) in [7, 11) is 0. The summed E-state index contributed by atoms with van der Waals surface area (Å²) in [6, 6.07) is 0. The number of unbranched alkanes of at least 4 members (excludes halogenated alkanes) is 6. The molecule has 0 fully saturated rings. The van der Waals surface area contributed by atoms with Gasteiger partial charge in [-0.15, -0.1) is 0 Å². The average Bonchev–Trinajstić information content (AvgIpc) is 2.41. The highest BCUT2D eigenvalue weighted by atomic mass is 14.2. The lowest BCUT2D eigenvalue weighted by Crippen LogP contribution is -2.08. The van der Waals surface area contributed by atoms with E-state index >= 15 is 0 Å². The SMILES string of the molecule is CCCCCCC([CH]C(C)CCCCC)CCCC. The average molecular weight is 268 g/mol.